The van der Waals surface area contributed by atoms with E-state index in [0.29, 0.717) is 32.8 Å². The Morgan fingerprint density at radius 1 is 1.33 bits per heavy atom. The maximum atomic E-state index is 12.6. The summed E-state index contributed by atoms with van der Waals surface area (Å²) in [5.41, 5.74) is 0.281. The fourth-order valence-electron chi connectivity index (χ4n) is 2.48. The average Bonchev–Trinajstić information content (AvgIpc) is 3.16. The lowest BCUT2D eigenvalue weighted by Gasteiger charge is -2.24. The van der Waals surface area contributed by atoms with Crippen molar-refractivity contribution in [2.24, 2.45) is 0 Å². The molecule has 1 fully saturated rings. The number of halogens is 1. The first-order chi connectivity index (χ1) is 11.4. The zero-order chi connectivity index (χ0) is 17.3. The number of aromatic nitrogens is 1. The fraction of sp³-hybridized carbons (Fsp3) is 0.312. The molecule has 0 radical (unpaired) electrons. The number of hydrogen-bond acceptors (Lipinski definition) is 5. The Balaban J connectivity index is 1.85. The highest BCUT2D eigenvalue weighted by molar-refractivity contribution is 7.99. The zero-order valence-electron chi connectivity index (χ0n) is 12.8. The molecular weight excluding hydrogens is 368 g/mol. The summed E-state index contributed by atoms with van der Waals surface area (Å²) in [5.74, 6) is -0.253. The van der Waals surface area contributed by atoms with Crippen molar-refractivity contribution in [3.8, 4) is 10.6 Å². The molecule has 2 N–H and O–H groups in total. The molecular formula is C16H15ClN2O3S2. The second kappa shape index (κ2) is 6.74. The van der Waals surface area contributed by atoms with Gasteiger partial charge in [-0.25, -0.2) is 9.78 Å². The van der Waals surface area contributed by atoms with E-state index in [4.69, 9.17) is 11.6 Å². The van der Waals surface area contributed by atoms with Gasteiger partial charge in [-0.3, -0.25) is 4.79 Å². The lowest BCUT2D eigenvalue weighted by Crippen LogP contribution is -2.54. The number of nitrogens with one attached hydrogen (secondary N) is 1. The number of amides is 1. The zero-order valence-corrected chi connectivity index (χ0v) is 15.2. The van der Waals surface area contributed by atoms with Crippen molar-refractivity contribution in [1.82, 2.24) is 10.3 Å². The molecule has 0 aliphatic carbocycles. The Morgan fingerprint density at radius 2 is 2.04 bits per heavy atom. The molecule has 0 spiro atoms. The smallest absolute Gasteiger partial charge is 0.330 e. The van der Waals surface area contributed by atoms with E-state index in [2.05, 4.69) is 10.3 Å². The molecule has 126 valence electrons. The van der Waals surface area contributed by atoms with E-state index in [9.17, 15) is 14.7 Å². The Labute approximate surface area is 152 Å². The molecule has 1 unspecified atom stereocenters. The number of nitrogens with zero attached hydrogens (tertiary/aromatic N) is 1. The molecule has 1 amide bonds. The summed E-state index contributed by atoms with van der Waals surface area (Å²) in [5, 5.41) is 13.5. The molecule has 1 aliphatic rings. The summed E-state index contributed by atoms with van der Waals surface area (Å²) in [6, 6.07) is 7.22. The van der Waals surface area contributed by atoms with Gasteiger partial charge in [0.05, 0.1) is 5.69 Å². The molecule has 8 heteroatoms. The van der Waals surface area contributed by atoms with Crippen molar-refractivity contribution in [2.45, 2.75) is 18.9 Å². The highest BCUT2D eigenvalue weighted by atomic mass is 35.5. The molecule has 1 aliphatic heterocycles. The van der Waals surface area contributed by atoms with Gasteiger partial charge in [0.2, 0.25) is 0 Å². The Kier molecular flexibility index (Phi) is 4.85. The summed E-state index contributed by atoms with van der Waals surface area (Å²) in [4.78, 5) is 29.1. The highest BCUT2D eigenvalue weighted by Crippen LogP contribution is 2.31. The van der Waals surface area contributed by atoms with Crippen LogP contribution in [0.1, 0.15) is 21.8 Å². The number of thioether (sulfide) groups is 1. The molecule has 5 nitrogen and oxygen atoms in total. The largest absolute Gasteiger partial charge is 0.479 e. The van der Waals surface area contributed by atoms with Gasteiger partial charge in [-0.2, -0.15) is 11.8 Å². The van der Waals surface area contributed by atoms with Gasteiger partial charge in [0.15, 0.2) is 0 Å². The quantitative estimate of drug-likeness (QED) is 0.846. The van der Waals surface area contributed by atoms with Crippen LogP contribution in [0.2, 0.25) is 5.02 Å². The van der Waals surface area contributed by atoms with E-state index in [1.165, 1.54) is 23.1 Å². The molecule has 0 bridgehead atoms. The fourth-order valence-corrected chi connectivity index (χ4v) is 4.90. The predicted molar refractivity (Wildman–Crippen MR) is 97.1 cm³/mol. The maximum Gasteiger partial charge on any atom is 0.330 e. The van der Waals surface area contributed by atoms with Crippen LogP contribution in [0.4, 0.5) is 0 Å². The van der Waals surface area contributed by atoms with E-state index in [-0.39, 0.29) is 5.91 Å². The SMILES string of the molecule is Cc1nc(-c2ccc(Cl)cc2)sc1C(=O)NC1(C(=O)O)CCSC1. The predicted octanol–water partition coefficient (Wildman–Crippen LogP) is 3.46. The van der Waals surface area contributed by atoms with Crippen LogP contribution in [-0.2, 0) is 4.79 Å². The first-order valence-corrected chi connectivity index (χ1v) is 9.63. The van der Waals surface area contributed by atoms with Gasteiger partial charge in [0, 0.05) is 16.3 Å². The van der Waals surface area contributed by atoms with Gasteiger partial charge in [0.1, 0.15) is 15.4 Å². The number of aryl methyl sites for hydroxylation is 1. The summed E-state index contributed by atoms with van der Waals surface area (Å²) in [7, 11) is 0. The second-order valence-corrected chi connectivity index (χ2v) is 8.13. The Morgan fingerprint density at radius 3 is 2.62 bits per heavy atom. The van der Waals surface area contributed by atoms with E-state index < -0.39 is 11.5 Å². The highest BCUT2D eigenvalue weighted by Gasteiger charge is 2.43. The van der Waals surface area contributed by atoms with Crippen LogP contribution in [0, 0.1) is 6.92 Å². The second-order valence-electron chi connectivity index (χ2n) is 5.58. The minimum Gasteiger partial charge on any atom is -0.479 e. The lowest BCUT2D eigenvalue weighted by atomic mass is 9.99. The van der Waals surface area contributed by atoms with Gasteiger partial charge >= 0.3 is 5.97 Å². The Bertz CT molecular complexity index is 783. The number of carboxylic acids is 1. The number of carbonyl (C=O) groups is 2. The van der Waals surface area contributed by atoms with Crippen LogP contribution in [0.3, 0.4) is 0 Å². The van der Waals surface area contributed by atoms with E-state index >= 15 is 0 Å². The van der Waals surface area contributed by atoms with E-state index in [1.54, 1.807) is 19.1 Å². The third-order valence-corrected chi connectivity index (χ3v) is 6.52. The third kappa shape index (κ3) is 3.29. The molecule has 3 rings (SSSR count). The summed E-state index contributed by atoms with van der Waals surface area (Å²) in [6.45, 7) is 1.75. The molecule has 1 atom stereocenters. The van der Waals surface area contributed by atoms with Crippen LogP contribution in [0.15, 0.2) is 24.3 Å². The van der Waals surface area contributed by atoms with Crippen molar-refractivity contribution >= 4 is 46.6 Å². The van der Waals surface area contributed by atoms with Crippen LogP contribution in [-0.4, -0.2) is 39.0 Å². The van der Waals surface area contributed by atoms with Crippen molar-refractivity contribution in [3.63, 3.8) is 0 Å². The van der Waals surface area contributed by atoms with E-state index in [1.807, 2.05) is 12.1 Å². The van der Waals surface area contributed by atoms with Crippen LogP contribution in [0.25, 0.3) is 10.6 Å². The van der Waals surface area contributed by atoms with Gasteiger partial charge in [0.25, 0.3) is 5.91 Å². The summed E-state index contributed by atoms with van der Waals surface area (Å²) >= 11 is 8.68. The van der Waals surface area contributed by atoms with Crippen molar-refractivity contribution in [3.05, 3.63) is 39.9 Å². The standard InChI is InChI=1S/C16H15ClN2O3S2/c1-9-12(13(20)19-16(15(21)22)6-7-23-8-16)24-14(18-9)10-2-4-11(17)5-3-10/h2-5H,6-8H2,1H3,(H,19,20)(H,21,22). The van der Waals surface area contributed by atoms with Crippen LogP contribution in [0.5, 0.6) is 0 Å². The van der Waals surface area contributed by atoms with Crippen molar-refractivity contribution < 1.29 is 14.7 Å². The van der Waals surface area contributed by atoms with Gasteiger partial charge in [-0.15, -0.1) is 11.3 Å². The Hall–Kier alpha value is -1.57. The van der Waals surface area contributed by atoms with Crippen molar-refractivity contribution in [2.75, 3.05) is 11.5 Å². The number of thiazole rings is 1. The number of carboxylic acid groups (broad SMARTS) is 1. The molecule has 0 saturated carbocycles. The van der Waals surface area contributed by atoms with Gasteiger partial charge in [-0.1, -0.05) is 23.7 Å². The number of aliphatic carboxylic acids is 1. The minimum absolute atomic E-state index is 0.380. The molecule has 2 heterocycles. The maximum absolute atomic E-state index is 12.6. The van der Waals surface area contributed by atoms with Crippen LogP contribution >= 0.6 is 34.7 Å². The minimum atomic E-state index is -1.18. The van der Waals surface area contributed by atoms with E-state index in [0.717, 1.165) is 11.3 Å². The number of rotatable bonds is 4. The molecule has 1 aromatic heterocycles. The number of benzene rings is 1. The van der Waals surface area contributed by atoms with Crippen molar-refractivity contribution in [1.29, 1.82) is 0 Å². The monoisotopic (exact) mass is 382 g/mol. The lowest BCUT2D eigenvalue weighted by molar-refractivity contribution is -0.143. The normalized spacial score (nSPS) is 20.1. The first-order valence-electron chi connectivity index (χ1n) is 7.28. The molecule has 2 aromatic rings. The first kappa shape index (κ1) is 17.3. The van der Waals surface area contributed by atoms with Crippen LogP contribution < -0.4 is 5.32 Å². The van der Waals surface area contributed by atoms with Gasteiger partial charge in [-0.05, 0) is 31.2 Å². The summed E-state index contributed by atoms with van der Waals surface area (Å²) in [6.07, 6.45) is 0.431. The average molecular weight is 383 g/mol. The molecule has 24 heavy (non-hydrogen) atoms. The molecule has 1 aromatic carbocycles. The number of hydrogen-bond donors (Lipinski definition) is 2. The number of carbonyl (C=O) groups excluding carboxylic acids is 1. The topological polar surface area (TPSA) is 79.3 Å². The molecule has 1 saturated heterocycles. The van der Waals surface area contributed by atoms with Gasteiger partial charge < -0.3 is 10.4 Å². The summed E-state index contributed by atoms with van der Waals surface area (Å²) < 4.78 is 0. The third-order valence-electron chi connectivity index (χ3n) is 3.88.